The van der Waals surface area contributed by atoms with Gasteiger partial charge in [0.2, 0.25) is 5.91 Å². The highest BCUT2D eigenvalue weighted by molar-refractivity contribution is 5.76. The molecule has 19 atom stereocenters. The molecule has 105 heavy (non-hydrogen) atoms. The third-order valence-electron chi connectivity index (χ3n) is 14.7. The van der Waals surface area contributed by atoms with Gasteiger partial charge in [-0.05, 0) is 12.8 Å². The van der Waals surface area contributed by atoms with Gasteiger partial charge in [0.25, 0.3) is 0 Å². The number of aliphatic hydroxyl groups excluding tert-OH is 6. The molecule has 0 bridgehead atoms. The van der Waals surface area contributed by atoms with Gasteiger partial charge in [0.15, 0.2) is 18.9 Å². The van der Waals surface area contributed by atoms with Gasteiger partial charge in [-0.1, -0.05) is 110 Å². The number of carbonyl (C=O) groups excluding carboxylic acids is 1. The first-order valence-corrected chi connectivity index (χ1v) is 31.4. The summed E-state index contributed by atoms with van der Waals surface area (Å²) < 4.78 is 227. The second-order valence-electron chi connectivity index (χ2n) is 23.1. The van der Waals surface area contributed by atoms with Crippen LogP contribution in [0.2, 0.25) is 0 Å². The standard InChI is InChI=1S/C43H85N7O13.6C2HF3O2/c1-2-3-4-5-6-7-8-9-10-11-12-13-14-15-16-17-18-19-29(51)50-23-28-39(62-42-31(49)36(56)34(54)27(22-45)59-42)37(57)43(60-28)63-40-32(52)24(46)20-25(47)38(40)61-41-30(48)35(55)33(53)26(21-44)58-41;6*3-2(4,5)1(6)7/h24-28,30-43,52-57H,2-23,44-49H2,1H3,(H,50,51);6*(H,6,7). The van der Waals surface area contributed by atoms with E-state index in [2.05, 4.69) is 12.2 Å². The van der Waals surface area contributed by atoms with E-state index < -0.39 is 189 Å². The number of carboxylic acids is 6. The summed E-state index contributed by atoms with van der Waals surface area (Å²) in [4.78, 5) is 66.4. The van der Waals surface area contributed by atoms with Gasteiger partial charge in [-0.15, -0.1) is 0 Å². The van der Waals surface area contributed by atoms with Crippen LogP contribution in [-0.2, 0) is 62.0 Å². The Kier molecular flexibility index (Phi) is 48.7. The number of rotatable bonds is 28. The lowest BCUT2D eigenvalue weighted by Gasteiger charge is -2.47. The molecule has 3 heterocycles. The van der Waals surface area contributed by atoms with E-state index in [1.165, 1.54) is 83.5 Å². The minimum absolute atomic E-state index is 0.0838. The second-order valence-corrected chi connectivity index (χ2v) is 23.1. The number of halogens is 18. The van der Waals surface area contributed by atoms with Gasteiger partial charge in [-0.2, -0.15) is 79.0 Å². The zero-order chi connectivity index (χ0) is 82.5. The number of hydrogen-bond acceptors (Lipinski definition) is 25. The smallest absolute Gasteiger partial charge is 0.475 e. The van der Waals surface area contributed by atoms with E-state index >= 15 is 0 Å². The third-order valence-corrected chi connectivity index (χ3v) is 14.7. The van der Waals surface area contributed by atoms with Crippen LogP contribution >= 0.6 is 0 Å². The van der Waals surface area contributed by atoms with Gasteiger partial charge >= 0.3 is 72.9 Å². The van der Waals surface area contributed by atoms with Crippen LogP contribution in [0, 0.1) is 0 Å². The summed E-state index contributed by atoms with van der Waals surface area (Å²) in [6, 6.07) is -4.25. The molecule has 1 aliphatic carbocycles. The highest BCUT2D eigenvalue weighted by Gasteiger charge is 2.55. The van der Waals surface area contributed by atoms with E-state index in [4.69, 9.17) is 122 Å². The molecular formula is C55H91F18N7O25. The van der Waals surface area contributed by atoms with Crippen LogP contribution < -0.4 is 39.7 Å². The van der Waals surface area contributed by atoms with Crippen molar-refractivity contribution in [3.05, 3.63) is 0 Å². The SMILES string of the molecule is CCCCCCCCCCCCCCCCCCCC(=O)NCC1OC(OC2C(O)C(N)CC(N)C2OC2OC(CN)C(O)C(O)C2N)C(O)C1OC1OC(CN)C(O)C(O)C1N.O=C(O)C(F)(F)F.O=C(O)C(F)(F)F.O=C(O)C(F)(F)F.O=C(O)C(F)(F)F.O=C(O)C(F)(F)F.O=C(O)C(F)(F)F. The first-order valence-electron chi connectivity index (χ1n) is 31.4. The Balaban J connectivity index is -0.00000198. The van der Waals surface area contributed by atoms with Gasteiger partial charge in [0.1, 0.15) is 67.1 Å². The summed E-state index contributed by atoms with van der Waals surface area (Å²) in [7, 11) is 0. The maximum Gasteiger partial charge on any atom is 0.490 e. The molecule has 4 fully saturated rings. The van der Waals surface area contributed by atoms with Crippen LogP contribution in [-0.4, -0.2) is 276 Å². The Hall–Kier alpha value is -5.69. The number of carbonyl (C=O) groups is 7. The van der Waals surface area contributed by atoms with Crippen molar-refractivity contribution in [1.29, 1.82) is 0 Å². The highest BCUT2D eigenvalue weighted by Crippen LogP contribution is 2.35. The molecular weight excluding hydrogens is 1500 g/mol. The van der Waals surface area contributed by atoms with Crippen LogP contribution in [0.4, 0.5) is 79.0 Å². The number of hydrogen-bond donors (Lipinski definition) is 19. The molecule has 1 saturated carbocycles. The topological polar surface area (TPSA) is 586 Å². The fourth-order valence-electron chi connectivity index (χ4n) is 9.07. The number of nitrogens with one attached hydrogen (secondary N) is 1. The molecule has 50 heteroatoms. The number of nitrogens with two attached hydrogens (primary N) is 6. The molecule has 4 rings (SSSR count). The van der Waals surface area contributed by atoms with Crippen molar-refractivity contribution >= 4 is 41.7 Å². The Morgan fingerprint density at radius 3 is 0.895 bits per heavy atom. The molecule has 3 aliphatic heterocycles. The molecule has 0 aromatic carbocycles. The predicted molar refractivity (Wildman–Crippen MR) is 315 cm³/mol. The van der Waals surface area contributed by atoms with Crippen LogP contribution in [0.1, 0.15) is 129 Å². The number of aliphatic hydroxyl groups is 6. The van der Waals surface area contributed by atoms with E-state index in [-0.39, 0.29) is 38.4 Å². The molecule has 32 nitrogen and oxygen atoms in total. The zero-order valence-corrected chi connectivity index (χ0v) is 55.5. The highest BCUT2D eigenvalue weighted by atomic mass is 19.4. The van der Waals surface area contributed by atoms with Crippen LogP contribution in [0.15, 0.2) is 0 Å². The van der Waals surface area contributed by atoms with Gasteiger partial charge in [0.05, 0.1) is 18.2 Å². The fraction of sp³-hybridized carbons (Fsp3) is 0.873. The summed E-state index contributed by atoms with van der Waals surface area (Å²) in [5.41, 5.74) is 36.6. The summed E-state index contributed by atoms with van der Waals surface area (Å²) in [5.74, 6) is -16.8. The van der Waals surface area contributed by atoms with Gasteiger partial charge in [-0.25, -0.2) is 28.8 Å². The van der Waals surface area contributed by atoms with Gasteiger partial charge in [-0.3, -0.25) is 4.79 Å². The Bertz CT molecular complexity index is 2310. The average Bonchev–Trinajstić information content (AvgIpc) is 1.75. The third kappa shape index (κ3) is 42.6. The summed E-state index contributed by atoms with van der Waals surface area (Å²) in [6.07, 6.45) is -29.1. The van der Waals surface area contributed by atoms with E-state index in [9.17, 15) is 114 Å². The Labute approximate surface area is 584 Å². The van der Waals surface area contributed by atoms with E-state index in [1.54, 1.807) is 0 Å². The lowest BCUT2D eigenvalue weighted by molar-refractivity contribution is -0.306. The van der Waals surface area contributed by atoms with E-state index in [0.717, 1.165) is 19.3 Å². The molecule has 0 aromatic heterocycles. The summed E-state index contributed by atoms with van der Waals surface area (Å²) >= 11 is 0. The van der Waals surface area contributed by atoms with Gasteiger partial charge in [0, 0.05) is 38.1 Å². The van der Waals surface area contributed by atoms with Crippen LogP contribution in [0.5, 0.6) is 0 Å². The molecule has 1 amide bonds. The lowest BCUT2D eigenvalue weighted by Crippen LogP contribution is -2.68. The maximum absolute atomic E-state index is 13.1. The Morgan fingerprint density at radius 2 is 0.619 bits per heavy atom. The van der Waals surface area contributed by atoms with Crippen LogP contribution in [0.3, 0.4) is 0 Å². The van der Waals surface area contributed by atoms with E-state index in [0.29, 0.717) is 6.42 Å². The number of alkyl halides is 18. The Morgan fingerprint density at radius 1 is 0.362 bits per heavy atom. The van der Waals surface area contributed by atoms with Crippen LogP contribution in [0.25, 0.3) is 0 Å². The number of amides is 1. The number of carboxylic acid groups (broad SMARTS) is 6. The first-order chi connectivity index (χ1) is 47.9. The maximum atomic E-state index is 13.1. The monoisotopic (exact) mass is 1590 g/mol. The average molecular weight is 1590 g/mol. The number of aliphatic carboxylic acids is 6. The molecule has 19 unspecified atom stereocenters. The lowest BCUT2D eigenvalue weighted by atomic mass is 9.84. The normalized spacial score (nSPS) is 28.4. The zero-order valence-electron chi connectivity index (χ0n) is 55.5. The van der Waals surface area contributed by atoms with Gasteiger partial charge < -0.3 is 129 Å². The molecule has 25 N–H and O–H groups in total. The molecule has 3 saturated heterocycles. The quantitative estimate of drug-likeness (QED) is 0.0394. The van der Waals surface area contributed by atoms with E-state index in [1.807, 2.05) is 0 Å². The van der Waals surface area contributed by atoms with Crippen molar-refractivity contribution in [2.24, 2.45) is 34.4 Å². The summed E-state index contributed by atoms with van der Waals surface area (Å²) in [6.45, 7) is 1.79. The second kappa shape index (κ2) is 49.4. The molecule has 0 aromatic rings. The van der Waals surface area contributed by atoms with Crippen molar-refractivity contribution in [2.45, 2.75) is 282 Å². The minimum atomic E-state index is -5.08. The first kappa shape index (κ1) is 103. The van der Waals surface area contributed by atoms with Crippen molar-refractivity contribution in [3.8, 4) is 0 Å². The number of ether oxygens (including phenoxy) is 6. The minimum Gasteiger partial charge on any atom is -0.475 e. The molecule has 622 valence electrons. The fourth-order valence-corrected chi connectivity index (χ4v) is 9.07. The molecule has 0 radical (unpaired) electrons. The van der Waals surface area contributed by atoms with Crippen molar-refractivity contribution < 1.29 is 202 Å². The number of unbranched alkanes of at least 4 members (excludes halogenated alkanes) is 16. The summed E-state index contributed by atoms with van der Waals surface area (Å²) in [5, 5.41) is 111. The predicted octanol–water partition coefficient (Wildman–Crippen LogP) is 2.07. The van der Waals surface area contributed by atoms with Crippen molar-refractivity contribution in [2.75, 3.05) is 19.6 Å². The van der Waals surface area contributed by atoms with Crippen molar-refractivity contribution in [1.82, 2.24) is 5.32 Å². The molecule has 4 aliphatic rings. The van der Waals surface area contributed by atoms with Crippen molar-refractivity contribution in [3.63, 3.8) is 0 Å². The molecule has 0 spiro atoms. The largest absolute Gasteiger partial charge is 0.490 e.